The summed E-state index contributed by atoms with van der Waals surface area (Å²) < 4.78 is 0.995. The predicted octanol–water partition coefficient (Wildman–Crippen LogP) is 9.62. The zero-order valence-electron chi connectivity index (χ0n) is 22.7. The van der Waals surface area contributed by atoms with Gasteiger partial charge in [0.15, 0.2) is 0 Å². The summed E-state index contributed by atoms with van der Waals surface area (Å²) in [5, 5.41) is 12.9. The molecule has 0 saturated carbocycles. The van der Waals surface area contributed by atoms with Crippen LogP contribution in [0.25, 0.3) is 16.7 Å². The molecule has 0 aromatic heterocycles. The van der Waals surface area contributed by atoms with Gasteiger partial charge in [-0.25, -0.2) is 0 Å². The number of halogens is 1. The van der Waals surface area contributed by atoms with Crippen molar-refractivity contribution in [2.75, 3.05) is 0 Å². The van der Waals surface area contributed by atoms with Crippen LogP contribution in [0.3, 0.4) is 0 Å². The highest BCUT2D eigenvalue weighted by Gasteiger charge is 2.41. The van der Waals surface area contributed by atoms with Gasteiger partial charge in [-0.3, -0.25) is 0 Å². The van der Waals surface area contributed by atoms with Crippen LogP contribution in [0.15, 0.2) is 167 Å². The lowest BCUT2D eigenvalue weighted by Gasteiger charge is -2.38. The van der Waals surface area contributed by atoms with Crippen LogP contribution in [0.5, 0.6) is 0 Å². The maximum Gasteiger partial charge on any atom is 0.122 e. The fourth-order valence-electron chi connectivity index (χ4n) is 6.78. The fraction of sp³-hybridized carbons (Fsp3) is 0.128. The third-order valence-electron chi connectivity index (χ3n) is 8.80. The van der Waals surface area contributed by atoms with Crippen LogP contribution < -0.4 is 0 Å². The first-order valence-corrected chi connectivity index (χ1v) is 15.1. The molecule has 0 aliphatic heterocycles. The lowest BCUT2D eigenvalue weighted by Crippen LogP contribution is -2.36. The Morgan fingerprint density at radius 2 is 1.44 bits per heavy atom. The van der Waals surface area contributed by atoms with E-state index < -0.39 is 5.60 Å². The summed E-state index contributed by atoms with van der Waals surface area (Å²) >= 11 is 3.68. The van der Waals surface area contributed by atoms with E-state index in [-0.39, 0.29) is 5.92 Å². The van der Waals surface area contributed by atoms with E-state index in [2.05, 4.69) is 156 Å². The van der Waals surface area contributed by atoms with Gasteiger partial charge in [0.2, 0.25) is 0 Å². The summed E-state index contributed by atoms with van der Waals surface area (Å²) in [5.41, 5.74) is 7.85. The van der Waals surface area contributed by atoms with Crippen molar-refractivity contribution in [2.24, 2.45) is 17.8 Å². The summed E-state index contributed by atoms with van der Waals surface area (Å²) in [6.07, 6.45) is 27.2. The van der Waals surface area contributed by atoms with Crippen LogP contribution in [0, 0.1) is 17.8 Å². The minimum atomic E-state index is -1.23. The summed E-state index contributed by atoms with van der Waals surface area (Å²) in [7, 11) is 0. The van der Waals surface area contributed by atoms with Gasteiger partial charge in [0, 0.05) is 22.2 Å². The molecule has 7 rings (SSSR count). The Labute approximate surface area is 250 Å². The highest BCUT2D eigenvalue weighted by molar-refractivity contribution is 9.11. The monoisotopic (exact) mass is 594 g/mol. The van der Waals surface area contributed by atoms with E-state index in [9.17, 15) is 5.11 Å². The Morgan fingerprint density at radius 1 is 0.707 bits per heavy atom. The molecule has 3 aromatic rings. The second kappa shape index (κ2) is 10.8. The Kier molecular flexibility index (Phi) is 6.82. The average Bonchev–Trinajstić information content (AvgIpc) is 3.04. The van der Waals surface area contributed by atoms with E-state index in [1.807, 2.05) is 12.1 Å². The van der Waals surface area contributed by atoms with E-state index in [0.29, 0.717) is 11.8 Å². The van der Waals surface area contributed by atoms with Crippen LogP contribution in [-0.4, -0.2) is 5.11 Å². The van der Waals surface area contributed by atoms with Gasteiger partial charge in [-0.2, -0.15) is 0 Å². The van der Waals surface area contributed by atoms with Crippen molar-refractivity contribution in [2.45, 2.75) is 12.0 Å². The number of aliphatic hydroxyl groups is 1. The molecule has 0 bridgehead atoms. The number of hydrogen-bond acceptors (Lipinski definition) is 1. The molecule has 4 aliphatic carbocycles. The smallest absolute Gasteiger partial charge is 0.122 e. The van der Waals surface area contributed by atoms with Gasteiger partial charge in [0.25, 0.3) is 0 Å². The third kappa shape index (κ3) is 4.62. The lowest BCUT2D eigenvalue weighted by atomic mass is 9.70. The second-order valence-electron chi connectivity index (χ2n) is 11.1. The molecule has 0 fully saturated rings. The van der Waals surface area contributed by atoms with Crippen molar-refractivity contribution in [3.63, 3.8) is 0 Å². The number of allylic oxidation sites excluding steroid dienone is 15. The summed E-state index contributed by atoms with van der Waals surface area (Å²) in [4.78, 5) is 0. The second-order valence-corrected chi connectivity index (χ2v) is 12.0. The number of hydrogen-bond donors (Lipinski definition) is 1. The molecular weight excluding hydrogens is 564 g/mol. The van der Waals surface area contributed by atoms with Gasteiger partial charge < -0.3 is 5.11 Å². The molecule has 0 radical (unpaired) electrons. The van der Waals surface area contributed by atoms with Crippen LogP contribution >= 0.6 is 15.9 Å². The standard InChI is InChI=1S/C39H31BrO/c40-32-15-10-14-31(26-32)39(41,38-20-9-8-17-34(38)27-11-2-1-3-12-27)30-23-21-28(22-24-30)37-25-29-13-4-5-16-33(29)35-18-6-7-19-36(35)37/h1-13,15-26,31,33,35,41H,14H2. The fourth-order valence-corrected chi connectivity index (χ4v) is 7.28. The first kappa shape index (κ1) is 26.0. The van der Waals surface area contributed by atoms with E-state index >= 15 is 0 Å². The molecule has 41 heavy (non-hydrogen) atoms. The molecular formula is C39H31BrO. The molecule has 0 saturated heterocycles. The molecule has 2 heteroatoms. The lowest BCUT2D eigenvalue weighted by molar-refractivity contribution is 0.0373. The third-order valence-corrected chi connectivity index (χ3v) is 9.33. The minimum Gasteiger partial charge on any atom is -0.380 e. The first-order chi connectivity index (χ1) is 20.1. The number of benzene rings is 3. The van der Waals surface area contributed by atoms with E-state index in [4.69, 9.17) is 0 Å². The van der Waals surface area contributed by atoms with Gasteiger partial charge in [0.1, 0.15) is 5.60 Å². The van der Waals surface area contributed by atoms with Crippen LogP contribution in [0.4, 0.5) is 0 Å². The number of fused-ring (bicyclic) bond motifs is 3. The van der Waals surface area contributed by atoms with Crippen LogP contribution in [0.1, 0.15) is 23.1 Å². The molecule has 3 aromatic carbocycles. The maximum atomic E-state index is 12.9. The zero-order valence-corrected chi connectivity index (χ0v) is 24.3. The molecule has 4 unspecified atom stereocenters. The topological polar surface area (TPSA) is 20.2 Å². The van der Waals surface area contributed by atoms with Gasteiger partial charge in [-0.15, -0.1) is 0 Å². The highest BCUT2D eigenvalue weighted by atomic mass is 79.9. The maximum absolute atomic E-state index is 12.9. The van der Waals surface area contributed by atoms with Crippen molar-refractivity contribution >= 4 is 21.5 Å². The normalized spacial score (nSPS) is 23.9. The Bertz CT molecular complexity index is 1730. The molecule has 0 amide bonds. The van der Waals surface area contributed by atoms with E-state index in [1.54, 1.807) is 0 Å². The molecule has 0 heterocycles. The van der Waals surface area contributed by atoms with Crippen molar-refractivity contribution < 1.29 is 5.11 Å². The molecule has 1 N–H and O–H groups in total. The summed E-state index contributed by atoms with van der Waals surface area (Å²) in [6, 6.07) is 27.3. The molecule has 200 valence electrons. The summed E-state index contributed by atoms with van der Waals surface area (Å²) in [5.74, 6) is 0.581. The molecule has 0 spiro atoms. The van der Waals surface area contributed by atoms with Crippen LogP contribution in [0.2, 0.25) is 0 Å². The van der Waals surface area contributed by atoms with Crippen molar-refractivity contribution in [3.8, 4) is 11.1 Å². The Hall–Kier alpha value is -3.98. The summed E-state index contributed by atoms with van der Waals surface area (Å²) in [6.45, 7) is 0. The van der Waals surface area contributed by atoms with Gasteiger partial charge in [0.05, 0.1) is 0 Å². The van der Waals surface area contributed by atoms with E-state index in [1.165, 1.54) is 22.3 Å². The van der Waals surface area contributed by atoms with Gasteiger partial charge in [-0.1, -0.05) is 168 Å². The quantitative estimate of drug-likeness (QED) is 0.312. The van der Waals surface area contributed by atoms with Gasteiger partial charge in [-0.05, 0) is 51.0 Å². The molecule has 4 aliphatic rings. The zero-order chi connectivity index (χ0) is 27.8. The minimum absolute atomic E-state index is 0.132. The first-order valence-electron chi connectivity index (χ1n) is 14.3. The molecule has 4 atom stereocenters. The predicted molar refractivity (Wildman–Crippen MR) is 174 cm³/mol. The van der Waals surface area contributed by atoms with Crippen LogP contribution in [-0.2, 0) is 5.60 Å². The Morgan fingerprint density at radius 3 is 2.24 bits per heavy atom. The Balaban J connectivity index is 1.36. The van der Waals surface area contributed by atoms with Gasteiger partial charge >= 0.3 is 0 Å². The average molecular weight is 596 g/mol. The van der Waals surface area contributed by atoms with Crippen molar-refractivity contribution in [3.05, 3.63) is 184 Å². The largest absolute Gasteiger partial charge is 0.380 e. The van der Waals surface area contributed by atoms with E-state index in [0.717, 1.165) is 33.2 Å². The van der Waals surface area contributed by atoms with Crippen molar-refractivity contribution in [1.29, 1.82) is 0 Å². The highest BCUT2D eigenvalue weighted by Crippen LogP contribution is 2.47. The SMILES string of the molecule is OC(c1ccc(C2=C3C=CC=CC3C3C=CC=CC3=C2)cc1)(c1ccccc1-c1ccccc1)C1C=C(Br)C=CC1. The number of rotatable bonds is 5. The molecule has 1 nitrogen and oxygen atoms in total. The van der Waals surface area contributed by atoms with Crippen molar-refractivity contribution in [1.82, 2.24) is 0 Å².